The summed E-state index contributed by atoms with van der Waals surface area (Å²) in [5, 5.41) is 0.961. The lowest BCUT2D eigenvalue weighted by atomic mass is 10.2. The molecule has 1 atom stereocenters. The zero-order valence-electron chi connectivity index (χ0n) is 7.16. The molecule has 0 radical (unpaired) electrons. The highest BCUT2D eigenvalue weighted by Crippen LogP contribution is 2.39. The van der Waals surface area contributed by atoms with Gasteiger partial charge in [0.15, 0.2) is 5.15 Å². The molecule has 1 unspecified atom stereocenters. The number of nitrogens with two attached hydrogens (primary N) is 1. The average Bonchev–Trinajstić information content (AvgIpc) is 2.62. The quantitative estimate of drug-likeness (QED) is 0.731. The largest absolute Gasteiger partial charge is 0.396 e. The van der Waals surface area contributed by atoms with E-state index in [4.69, 9.17) is 17.3 Å². The van der Waals surface area contributed by atoms with Gasteiger partial charge in [-0.25, -0.2) is 4.98 Å². The number of hydrogen-bond acceptors (Lipinski definition) is 3. The van der Waals surface area contributed by atoms with Crippen molar-refractivity contribution < 1.29 is 0 Å². The molecular formula is C9H11ClN2S. The van der Waals surface area contributed by atoms with E-state index in [1.807, 2.05) is 23.9 Å². The summed E-state index contributed by atoms with van der Waals surface area (Å²) in [7, 11) is 0. The molecule has 70 valence electrons. The molecule has 1 saturated heterocycles. The van der Waals surface area contributed by atoms with E-state index in [-0.39, 0.29) is 0 Å². The summed E-state index contributed by atoms with van der Waals surface area (Å²) in [6.07, 6.45) is 2.48. The maximum absolute atomic E-state index is 5.85. The molecule has 4 heteroatoms. The smallest absolute Gasteiger partial charge is 0.152 e. The summed E-state index contributed by atoms with van der Waals surface area (Å²) in [4.78, 5) is 4.27. The monoisotopic (exact) mass is 214 g/mol. The molecule has 1 aliphatic rings. The van der Waals surface area contributed by atoms with Crippen LogP contribution in [0.15, 0.2) is 12.1 Å². The summed E-state index contributed by atoms with van der Waals surface area (Å²) in [6.45, 7) is 0. The average molecular weight is 215 g/mol. The molecule has 0 amide bonds. The van der Waals surface area contributed by atoms with Crippen LogP contribution in [0.1, 0.15) is 23.8 Å². The van der Waals surface area contributed by atoms with Crippen molar-refractivity contribution in [2.75, 3.05) is 11.5 Å². The standard InChI is InChI=1S/C9H11ClN2S/c10-9-6(11)3-4-7(12-9)8-2-1-5-13-8/h3-4,8H,1-2,5,11H2. The van der Waals surface area contributed by atoms with Crippen molar-refractivity contribution in [2.45, 2.75) is 18.1 Å². The molecule has 1 aliphatic heterocycles. The minimum Gasteiger partial charge on any atom is -0.396 e. The van der Waals surface area contributed by atoms with Gasteiger partial charge in [0, 0.05) is 5.25 Å². The van der Waals surface area contributed by atoms with Gasteiger partial charge in [0.25, 0.3) is 0 Å². The molecule has 1 fully saturated rings. The SMILES string of the molecule is Nc1ccc(C2CCCS2)nc1Cl. The first-order valence-electron chi connectivity index (χ1n) is 4.31. The summed E-state index contributed by atoms with van der Waals surface area (Å²) in [6, 6.07) is 3.81. The fourth-order valence-electron chi connectivity index (χ4n) is 1.45. The number of thioether (sulfide) groups is 1. The second-order valence-electron chi connectivity index (χ2n) is 3.12. The van der Waals surface area contributed by atoms with Gasteiger partial charge in [0.05, 0.1) is 11.4 Å². The van der Waals surface area contributed by atoms with E-state index in [0.717, 1.165) is 5.69 Å². The minimum absolute atomic E-state index is 0.435. The van der Waals surface area contributed by atoms with Gasteiger partial charge in [-0.05, 0) is 30.7 Å². The van der Waals surface area contributed by atoms with Gasteiger partial charge < -0.3 is 5.73 Å². The van der Waals surface area contributed by atoms with E-state index in [0.29, 0.717) is 16.1 Å². The number of nitrogens with zero attached hydrogens (tertiary/aromatic N) is 1. The Labute approximate surface area is 86.9 Å². The molecule has 0 aliphatic carbocycles. The summed E-state index contributed by atoms with van der Waals surface area (Å²) in [5.41, 5.74) is 7.22. The molecule has 0 saturated carbocycles. The Bertz CT molecular complexity index is 310. The number of hydrogen-bond donors (Lipinski definition) is 1. The lowest BCUT2D eigenvalue weighted by Gasteiger charge is -2.08. The van der Waals surface area contributed by atoms with Crippen LogP contribution in [0, 0.1) is 0 Å². The highest BCUT2D eigenvalue weighted by Gasteiger charge is 2.19. The number of rotatable bonds is 1. The van der Waals surface area contributed by atoms with Crippen LogP contribution in [0.3, 0.4) is 0 Å². The van der Waals surface area contributed by atoms with Gasteiger partial charge >= 0.3 is 0 Å². The van der Waals surface area contributed by atoms with Crippen LogP contribution in [0.4, 0.5) is 5.69 Å². The van der Waals surface area contributed by atoms with Crippen molar-refractivity contribution in [1.29, 1.82) is 0 Å². The fraction of sp³-hybridized carbons (Fsp3) is 0.444. The van der Waals surface area contributed by atoms with Gasteiger partial charge in [-0.1, -0.05) is 11.6 Å². The predicted molar refractivity (Wildman–Crippen MR) is 58.1 cm³/mol. The molecule has 1 aromatic rings. The van der Waals surface area contributed by atoms with Crippen LogP contribution in [-0.2, 0) is 0 Å². The number of pyridine rings is 1. The van der Waals surface area contributed by atoms with Crippen LogP contribution >= 0.6 is 23.4 Å². The number of halogens is 1. The van der Waals surface area contributed by atoms with Gasteiger partial charge in [-0.15, -0.1) is 0 Å². The van der Waals surface area contributed by atoms with Gasteiger partial charge in [-0.3, -0.25) is 0 Å². The second-order valence-corrected chi connectivity index (χ2v) is 4.79. The molecular weight excluding hydrogens is 204 g/mol. The lowest BCUT2D eigenvalue weighted by molar-refractivity contribution is 0.807. The van der Waals surface area contributed by atoms with Crippen molar-refractivity contribution in [3.05, 3.63) is 23.0 Å². The third-order valence-corrected chi connectivity index (χ3v) is 3.87. The molecule has 0 aromatic carbocycles. The number of aromatic nitrogens is 1. The molecule has 0 spiro atoms. The Hall–Kier alpha value is -0.410. The van der Waals surface area contributed by atoms with Crippen LogP contribution in [-0.4, -0.2) is 10.7 Å². The zero-order valence-corrected chi connectivity index (χ0v) is 8.74. The first-order valence-corrected chi connectivity index (χ1v) is 5.73. The van der Waals surface area contributed by atoms with Crippen molar-refractivity contribution in [3.63, 3.8) is 0 Å². The van der Waals surface area contributed by atoms with Crippen molar-refractivity contribution >= 4 is 29.1 Å². The van der Waals surface area contributed by atoms with Gasteiger partial charge in [0.2, 0.25) is 0 Å². The number of nitrogen functional groups attached to an aromatic ring is 1. The molecule has 0 bridgehead atoms. The Morgan fingerprint density at radius 1 is 1.54 bits per heavy atom. The Morgan fingerprint density at radius 3 is 3.00 bits per heavy atom. The maximum Gasteiger partial charge on any atom is 0.152 e. The lowest BCUT2D eigenvalue weighted by Crippen LogP contribution is -1.96. The third-order valence-electron chi connectivity index (χ3n) is 2.16. The molecule has 2 nitrogen and oxygen atoms in total. The van der Waals surface area contributed by atoms with Gasteiger partial charge in [0.1, 0.15) is 0 Å². The second kappa shape index (κ2) is 3.76. The minimum atomic E-state index is 0.435. The molecule has 1 aromatic heterocycles. The Morgan fingerprint density at radius 2 is 2.38 bits per heavy atom. The van der Waals surface area contributed by atoms with E-state index in [2.05, 4.69) is 4.98 Å². The van der Waals surface area contributed by atoms with Crippen molar-refractivity contribution in [1.82, 2.24) is 4.98 Å². The Balaban J connectivity index is 2.25. The molecule has 2 rings (SSSR count). The van der Waals surface area contributed by atoms with Crippen LogP contribution in [0.5, 0.6) is 0 Å². The maximum atomic E-state index is 5.85. The molecule has 13 heavy (non-hydrogen) atoms. The van der Waals surface area contributed by atoms with Crippen LogP contribution in [0.2, 0.25) is 5.15 Å². The van der Waals surface area contributed by atoms with E-state index >= 15 is 0 Å². The first-order chi connectivity index (χ1) is 6.27. The van der Waals surface area contributed by atoms with Crippen LogP contribution < -0.4 is 5.73 Å². The Kier molecular flexibility index (Phi) is 2.65. The third kappa shape index (κ3) is 1.92. The highest BCUT2D eigenvalue weighted by molar-refractivity contribution is 7.99. The predicted octanol–water partition coefficient (Wildman–Crippen LogP) is 2.89. The van der Waals surface area contributed by atoms with E-state index in [1.165, 1.54) is 18.6 Å². The van der Waals surface area contributed by atoms with E-state index in [1.54, 1.807) is 0 Å². The highest BCUT2D eigenvalue weighted by atomic mass is 35.5. The molecule has 2 N–H and O–H groups in total. The van der Waals surface area contributed by atoms with Crippen molar-refractivity contribution in [2.24, 2.45) is 0 Å². The van der Waals surface area contributed by atoms with Crippen LogP contribution in [0.25, 0.3) is 0 Å². The fourth-order valence-corrected chi connectivity index (χ4v) is 2.86. The normalized spacial score (nSPS) is 22.1. The summed E-state index contributed by atoms with van der Waals surface area (Å²) in [5.74, 6) is 1.23. The zero-order chi connectivity index (χ0) is 9.26. The number of anilines is 1. The molecule has 2 heterocycles. The summed E-state index contributed by atoms with van der Waals surface area (Å²) < 4.78 is 0. The van der Waals surface area contributed by atoms with Crippen molar-refractivity contribution in [3.8, 4) is 0 Å². The van der Waals surface area contributed by atoms with E-state index < -0.39 is 0 Å². The summed E-state index contributed by atoms with van der Waals surface area (Å²) >= 11 is 7.79. The topological polar surface area (TPSA) is 38.9 Å². The first kappa shape index (κ1) is 9.16. The van der Waals surface area contributed by atoms with Gasteiger partial charge in [-0.2, -0.15) is 11.8 Å². The van der Waals surface area contributed by atoms with E-state index in [9.17, 15) is 0 Å².